The molecule has 2 N–H and O–H groups in total. The SMILES string of the molecule is C=C(Cl)/C=C\C(=C/C)C/C(=N\N1C(N2CC3(C2)NC(C)(C)NC3=O)=NC(C)=NC1C)c1ccccc1Cl.CC. The number of amides is 1. The Balaban J connectivity index is 0.00000205. The number of benzene rings is 1. The summed E-state index contributed by atoms with van der Waals surface area (Å²) in [6.07, 6.45) is 5.89. The molecule has 0 radical (unpaired) electrons. The molecule has 210 valence electrons. The Morgan fingerprint density at radius 1 is 1.26 bits per heavy atom. The number of carbonyl (C=O) groups is 1. The lowest BCUT2D eigenvalue weighted by Crippen LogP contribution is -2.74. The molecule has 0 aliphatic carbocycles. The number of aliphatic imine (C=N–C) groups is 2. The lowest BCUT2D eigenvalue weighted by atomic mass is 9.90. The normalized spacial score (nSPS) is 22.2. The molecule has 1 amide bonds. The largest absolute Gasteiger partial charge is 0.337 e. The van der Waals surface area contributed by atoms with Crippen molar-refractivity contribution in [1.82, 2.24) is 20.5 Å². The van der Waals surface area contributed by atoms with E-state index < -0.39 is 11.2 Å². The lowest BCUT2D eigenvalue weighted by Gasteiger charge is -2.50. The fraction of sp³-hybridized carbons (Fsp3) is 0.448. The zero-order valence-electron chi connectivity index (χ0n) is 23.8. The molecule has 1 unspecified atom stereocenters. The van der Waals surface area contributed by atoms with E-state index in [-0.39, 0.29) is 12.1 Å². The number of likely N-dealkylation sites (tertiary alicyclic amines) is 1. The van der Waals surface area contributed by atoms with Gasteiger partial charge in [-0.25, -0.2) is 10.0 Å². The second-order valence-electron chi connectivity index (χ2n) is 10.1. The van der Waals surface area contributed by atoms with Crippen LogP contribution in [0.2, 0.25) is 5.02 Å². The Kier molecular flexibility index (Phi) is 9.80. The van der Waals surface area contributed by atoms with Gasteiger partial charge >= 0.3 is 0 Å². The summed E-state index contributed by atoms with van der Waals surface area (Å²) >= 11 is 12.6. The van der Waals surface area contributed by atoms with E-state index in [1.54, 1.807) is 6.08 Å². The summed E-state index contributed by atoms with van der Waals surface area (Å²) in [4.78, 5) is 24.2. The number of hydrazone groups is 1. The van der Waals surface area contributed by atoms with E-state index in [2.05, 4.69) is 27.1 Å². The predicted octanol–water partition coefficient (Wildman–Crippen LogP) is 5.66. The minimum atomic E-state index is -0.647. The van der Waals surface area contributed by atoms with Crippen molar-refractivity contribution in [1.29, 1.82) is 0 Å². The smallest absolute Gasteiger partial charge is 0.245 e. The highest BCUT2D eigenvalue weighted by atomic mass is 35.5. The minimum Gasteiger partial charge on any atom is -0.337 e. The van der Waals surface area contributed by atoms with Crippen LogP contribution in [0.5, 0.6) is 0 Å². The number of guanidine groups is 1. The maximum absolute atomic E-state index is 12.7. The van der Waals surface area contributed by atoms with Gasteiger partial charge in [0.2, 0.25) is 11.9 Å². The van der Waals surface area contributed by atoms with Crippen LogP contribution >= 0.6 is 23.2 Å². The molecular formula is C29H39Cl2N7O. The number of halogens is 2. The van der Waals surface area contributed by atoms with Crippen LogP contribution in [-0.2, 0) is 4.79 Å². The molecular weight excluding hydrogens is 533 g/mol. The summed E-state index contributed by atoms with van der Waals surface area (Å²) in [6.45, 7) is 18.4. The van der Waals surface area contributed by atoms with Gasteiger partial charge in [0, 0.05) is 35.1 Å². The average Bonchev–Trinajstić information content (AvgIpc) is 3.11. The fourth-order valence-corrected chi connectivity index (χ4v) is 5.09. The van der Waals surface area contributed by atoms with Gasteiger partial charge in [-0.2, -0.15) is 10.1 Å². The molecule has 1 atom stereocenters. The number of amidine groups is 1. The van der Waals surface area contributed by atoms with Crippen molar-refractivity contribution in [3.63, 3.8) is 0 Å². The first-order valence-electron chi connectivity index (χ1n) is 13.2. The lowest BCUT2D eigenvalue weighted by molar-refractivity contribution is -0.128. The second-order valence-corrected chi connectivity index (χ2v) is 10.9. The van der Waals surface area contributed by atoms with Crippen LogP contribution in [0.25, 0.3) is 0 Å². The molecule has 1 aromatic carbocycles. The molecule has 3 aliphatic rings. The number of carbonyl (C=O) groups excluding carboxylic acids is 1. The van der Waals surface area contributed by atoms with E-state index in [1.165, 1.54) is 0 Å². The van der Waals surface area contributed by atoms with Gasteiger partial charge in [0.05, 0.1) is 11.4 Å². The van der Waals surface area contributed by atoms with Crippen molar-refractivity contribution in [3.8, 4) is 0 Å². The first-order chi connectivity index (χ1) is 18.4. The summed E-state index contributed by atoms with van der Waals surface area (Å²) in [7, 11) is 0. The molecule has 1 aromatic rings. The van der Waals surface area contributed by atoms with Crippen LogP contribution in [0, 0.1) is 0 Å². The standard InChI is InChI=1S/C27H33Cl2N7O.C2H6/c1-7-20(13-12-17(2)28)14-23(21-10-8-9-11-22(21)29)33-36-19(4)30-18(3)31-25(36)35-15-27(16-35)24(37)32-26(5,6)34-27;1-2/h7-13,19,34H,2,14-16H2,1,3-6H3,(H,32,37);1-2H3/b13-12-,20-7+,33-23+;. The monoisotopic (exact) mass is 571 g/mol. The number of rotatable bonds is 6. The Morgan fingerprint density at radius 2 is 1.92 bits per heavy atom. The third kappa shape index (κ3) is 6.99. The molecule has 3 aliphatic heterocycles. The van der Waals surface area contributed by atoms with Crippen LogP contribution in [0.1, 0.15) is 60.5 Å². The highest BCUT2D eigenvalue weighted by Crippen LogP contribution is 2.31. The molecule has 10 heteroatoms. The topological polar surface area (TPSA) is 84.7 Å². The summed E-state index contributed by atoms with van der Waals surface area (Å²) < 4.78 is 0. The Bertz CT molecular complexity index is 1260. The van der Waals surface area contributed by atoms with E-state index >= 15 is 0 Å². The molecule has 8 nitrogen and oxygen atoms in total. The Labute approximate surface area is 242 Å². The van der Waals surface area contributed by atoms with E-state index in [0.29, 0.717) is 41.4 Å². The quantitative estimate of drug-likeness (QED) is 0.340. The number of allylic oxidation sites excluding steroid dienone is 5. The van der Waals surface area contributed by atoms with Gasteiger partial charge in [-0.05, 0) is 52.3 Å². The fourth-order valence-electron chi connectivity index (χ4n) is 4.78. The maximum atomic E-state index is 12.7. The summed E-state index contributed by atoms with van der Waals surface area (Å²) in [5.74, 6) is 1.32. The van der Waals surface area contributed by atoms with Gasteiger partial charge in [0.1, 0.15) is 17.5 Å². The van der Waals surface area contributed by atoms with Gasteiger partial charge < -0.3 is 10.2 Å². The van der Waals surface area contributed by atoms with Crippen LogP contribution in [-0.4, -0.2) is 63.8 Å². The first-order valence-corrected chi connectivity index (χ1v) is 14.0. The van der Waals surface area contributed by atoms with E-state index in [1.807, 2.05) is 89.9 Å². The molecule has 0 aromatic heterocycles. The van der Waals surface area contributed by atoms with Gasteiger partial charge in [-0.1, -0.05) is 74.0 Å². The van der Waals surface area contributed by atoms with Crippen molar-refractivity contribution in [3.05, 3.63) is 70.3 Å². The van der Waals surface area contributed by atoms with Crippen molar-refractivity contribution in [2.75, 3.05) is 13.1 Å². The van der Waals surface area contributed by atoms with Crippen molar-refractivity contribution >= 4 is 46.6 Å². The van der Waals surface area contributed by atoms with Crippen LogP contribution < -0.4 is 10.6 Å². The van der Waals surface area contributed by atoms with Gasteiger partial charge in [-0.15, -0.1) is 0 Å². The second kappa shape index (κ2) is 12.5. The third-order valence-corrected chi connectivity index (χ3v) is 6.90. The van der Waals surface area contributed by atoms with Gasteiger partial charge in [0.25, 0.3) is 0 Å². The van der Waals surface area contributed by atoms with E-state index in [0.717, 1.165) is 16.8 Å². The summed E-state index contributed by atoms with van der Waals surface area (Å²) in [6, 6.07) is 7.62. The minimum absolute atomic E-state index is 0.000737. The molecule has 39 heavy (non-hydrogen) atoms. The molecule has 4 rings (SSSR count). The average molecular weight is 573 g/mol. The zero-order chi connectivity index (χ0) is 29.0. The highest BCUT2D eigenvalue weighted by molar-refractivity contribution is 6.34. The van der Waals surface area contributed by atoms with Crippen molar-refractivity contribution in [2.45, 2.75) is 72.3 Å². The predicted molar refractivity (Wildman–Crippen MR) is 163 cm³/mol. The molecule has 1 spiro atoms. The first kappa shape index (κ1) is 30.6. The summed E-state index contributed by atoms with van der Waals surface area (Å²) in [5.41, 5.74) is 1.47. The number of hydrogen-bond acceptors (Lipinski definition) is 7. The Hall–Kier alpha value is -2.94. The Morgan fingerprint density at radius 3 is 2.49 bits per heavy atom. The molecule has 2 fully saturated rings. The van der Waals surface area contributed by atoms with Crippen LogP contribution in [0.15, 0.2) is 74.8 Å². The molecule has 2 saturated heterocycles. The molecule has 0 bridgehead atoms. The van der Waals surface area contributed by atoms with Crippen molar-refractivity contribution < 1.29 is 4.79 Å². The molecule has 3 heterocycles. The van der Waals surface area contributed by atoms with Gasteiger partial charge in [0.15, 0.2) is 0 Å². The van der Waals surface area contributed by atoms with Gasteiger partial charge in [-0.3, -0.25) is 10.1 Å². The maximum Gasteiger partial charge on any atom is 0.245 e. The van der Waals surface area contributed by atoms with Crippen LogP contribution in [0.3, 0.4) is 0 Å². The number of nitrogens with zero attached hydrogens (tertiary/aromatic N) is 5. The third-order valence-electron chi connectivity index (χ3n) is 6.45. The van der Waals surface area contributed by atoms with Crippen LogP contribution in [0.4, 0.5) is 0 Å². The zero-order valence-corrected chi connectivity index (χ0v) is 25.4. The summed E-state index contributed by atoms with van der Waals surface area (Å²) in [5, 5.41) is 14.4. The van der Waals surface area contributed by atoms with E-state index in [4.69, 9.17) is 33.3 Å². The van der Waals surface area contributed by atoms with E-state index in [9.17, 15) is 4.79 Å². The highest BCUT2D eigenvalue weighted by Gasteiger charge is 2.58. The molecule has 0 saturated carbocycles. The van der Waals surface area contributed by atoms with Crippen molar-refractivity contribution in [2.24, 2.45) is 15.1 Å². The number of hydrogen-bond donors (Lipinski definition) is 2. The number of nitrogens with one attached hydrogen (secondary N) is 2.